The monoisotopic (exact) mass is 324 g/mol. The van der Waals surface area contributed by atoms with E-state index in [9.17, 15) is 13.2 Å². The first kappa shape index (κ1) is 22.0. The molecule has 0 aromatic rings. The van der Waals surface area contributed by atoms with Gasteiger partial charge in [-0.05, 0) is 18.8 Å². The van der Waals surface area contributed by atoms with Gasteiger partial charge in [-0.15, -0.1) is 13.2 Å². The van der Waals surface area contributed by atoms with Crippen LogP contribution < -0.4 is 11.6 Å². The van der Waals surface area contributed by atoms with Crippen LogP contribution in [-0.4, -0.2) is 35.2 Å². The van der Waals surface area contributed by atoms with E-state index in [1.165, 1.54) is 7.11 Å². The van der Waals surface area contributed by atoms with Gasteiger partial charge in [0.15, 0.2) is 0 Å². The van der Waals surface area contributed by atoms with E-state index in [-0.39, 0.29) is 18.7 Å². The minimum atomic E-state index is -4.10. The molecule has 4 N–H and O–H groups in total. The molecule has 0 fully saturated rings. The SMILES string of the molecule is C=CCC(CC=C)C(COS(=O)(=O)OC)C(=O)NOC.N. The van der Waals surface area contributed by atoms with Crippen molar-refractivity contribution in [2.45, 2.75) is 12.8 Å². The number of hydrogen-bond acceptors (Lipinski definition) is 7. The summed E-state index contributed by atoms with van der Waals surface area (Å²) < 4.78 is 31.2. The van der Waals surface area contributed by atoms with Crippen molar-refractivity contribution in [1.29, 1.82) is 0 Å². The van der Waals surface area contributed by atoms with Crippen LogP contribution in [0.4, 0.5) is 0 Å². The Labute approximate surface area is 126 Å². The maximum atomic E-state index is 11.9. The highest BCUT2D eigenvalue weighted by atomic mass is 32.3. The van der Waals surface area contributed by atoms with E-state index in [4.69, 9.17) is 0 Å². The summed E-state index contributed by atoms with van der Waals surface area (Å²) >= 11 is 0. The summed E-state index contributed by atoms with van der Waals surface area (Å²) in [5.41, 5.74) is 2.17. The van der Waals surface area contributed by atoms with E-state index in [0.717, 1.165) is 7.11 Å². The van der Waals surface area contributed by atoms with E-state index < -0.39 is 22.2 Å². The summed E-state index contributed by atoms with van der Waals surface area (Å²) in [5.74, 6) is -1.42. The second kappa shape index (κ2) is 11.4. The average Bonchev–Trinajstić information content (AvgIpc) is 2.39. The van der Waals surface area contributed by atoms with Crippen LogP contribution in [0.2, 0.25) is 0 Å². The van der Waals surface area contributed by atoms with Gasteiger partial charge in [-0.25, -0.2) is 9.66 Å². The largest absolute Gasteiger partial charge is 0.399 e. The lowest BCUT2D eigenvalue weighted by Crippen LogP contribution is -2.37. The van der Waals surface area contributed by atoms with Crippen LogP contribution in [-0.2, 0) is 28.4 Å². The lowest BCUT2D eigenvalue weighted by molar-refractivity contribution is -0.138. The second-order valence-electron chi connectivity index (χ2n) is 3.95. The highest BCUT2D eigenvalue weighted by Gasteiger charge is 2.29. The van der Waals surface area contributed by atoms with Gasteiger partial charge in [0.25, 0.3) is 0 Å². The molecule has 0 bridgehead atoms. The van der Waals surface area contributed by atoms with Crippen LogP contribution in [0, 0.1) is 11.8 Å². The minimum absolute atomic E-state index is 0. The fraction of sp³-hybridized carbons (Fsp3) is 0.583. The van der Waals surface area contributed by atoms with Crippen molar-refractivity contribution in [3.63, 3.8) is 0 Å². The molecule has 0 saturated carbocycles. The van der Waals surface area contributed by atoms with Crippen molar-refractivity contribution >= 4 is 16.3 Å². The quantitative estimate of drug-likeness (QED) is 0.430. The van der Waals surface area contributed by atoms with Crippen molar-refractivity contribution < 1.29 is 26.4 Å². The topological polar surface area (TPSA) is 126 Å². The molecule has 0 saturated heterocycles. The van der Waals surface area contributed by atoms with Crippen molar-refractivity contribution in [2.24, 2.45) is 11.8 Å². The summed E-state index contributed by atoms with van der Waals surface area (Å²) in [6, 6.07) is 0. The molecule has 8 nitrogen and oxygen atoms in total. The molecule has 0 aliphatic heterocycles. The fourth-order valence-corrected chi connectivity index (χ4v) is 2.07. The van der Waals surface area contributed by atoms with Crippen LogP contribution in [0.15, 0.2) is 25.3 Å². The first-order valence-electron chi connectivity index (χ1n) is 5.91. The molecule has 0 spiro atoms. The fourth-order valence-electron chi connectivity index (χ4n) is 1.66. The molecular weight excluding hydrogens is 300 g/mol. The van der Waals surface area contributed by atoms with Gasteiger partial charge in [0.05, 0.1) is 26.7 Å². The van der Waals surface area contributed by atoms with Crippen LogP contribution in [0.1, 0.15) is 12.8 Å². The Kier molecular flexibility index (Phi) is 12.0. The van der Waals surface area contributed by atoms with Gasteiger partial charge in [0.1, 0.15) is 0 Å². The lowest BCUT2D eigenvalue weighted by Gasteiger charge is -2.23. The number of carbonyl (C=O) groups excluding carboxylic acids is 1. The third kappa shape index (κ3) is 8.58. The molecule has 9 heteroatoms. The predicted octanol–water partition coefficient (Wildman–Crippen LogP) is 1.12. The Morgan fingerprint density at radius 2 is 1.76 bits per heavy atom. The first-order chi connectivity index (χ1) is 9.41. The highest BCUT2D eigenvalue weighted by Crippen LogP contribution is 2.22. The van der Waals surface area contributed by atoms with Crippen molar-refractivity contribution in [3.05, 3.63) is 25.3 Å². The Morgan fingerprint density at radius 3 is 2.14 bits per heavy atom. The number of allylic oxidation sites excluding steroid dienone is 2. The molecule has 1 unspecified atom stereocenters. The summed E-state index contributed by atoms with van der Waals surface area (Å²) in [5, 5.41) is 0. The molecule has 0 aromatic heterocycles. The van der Waals surface area contributed by atoms with Crippen molar-refractivity contribution in [2.75, 3.05) is 20.8 Å². The minimum Gasteiger partial charge on any atom is -0.344 e. The molecule has 124 valence electrons. The Hall–Kier alpha value is -1.26. The number of hydrogen-bond donors (Lipinski definition) is 2. The second-order valence-corrected chi connectivity index (χ2v) is 5.33. The van der Waals surface area contributed by atoms with Gasteiger partial charge >= 0.3 is 10.4 Å². The van der Waals surface area contributed by atoms with Crippen molar-refractivity contribution in [1.82, 2.24) is 11.6 Å². The van der Waals surface area contributed by atoms with E-state index in [1.54, 1.807) is 12.2 Å². The molecule has 0 aliphatic rings. The molecule has 1 atom stereocenters. The van der Waals surface area contributed by atoms with Gasteiger partial charge in [-0.3, -0.25) is 13.8 Å². The summed E-state index contributed by atoms with van der Waals surface area (Å²) in [6.45, 7) is 6.88. The smallest absolute Gasteiger partial charge is 0.344 e. The summed E-state index contributed by atoms with van der Waals surface area (Å²) in [4.78, 5) is 16.5. The maximum Gasteiger partial charge on any atom is 0.399 e. The van der Waals surface area contributed by atoms with Gasteiger partial charge < -0.3 is 6.15 Å². The molecular formula is C12H24N2O6S. The van der Waals surface area contributed by atoms with Gasteiger partial charge in [-0.2, -0.15) is 8.42 Å². The van der Waals surface area contributed by atoms with E-state index in [0.29, 0.717) is 12.8 Å². The van der Waals surface area contributed by atoms with E-state index in [1.807, 2.05) is 0 Å². The van der Waals surface area contributed by atoms with Gasteiger partial charge in [-0.1, -0.05) is 12.2 Å². The highest BCUT2D eigenvalue weighted by molar-refractivity contribution is 7.81. The Balaban J connectivity index is 0. The third-order valence-electron chi connectivity index (χ3n) is 2.64. The Bertz CT molecular complexity index is 413. The molecule has 0 heterocycles. The number of rotatable bonds is 11. The molecule has 21 heavy (non-hydrogen) atoms. The number of carbonyl (C=O) groups is 1. The van der Waals surface area contributed by atoms with Gasteiger partial charge in [0, 0.05) is 0 Å². The lowest BCUT2D eigenvalue weighted by atomic mass is 9.87. The molecule has 0 aliphatic carbocycles. The first-order valence-corrected chi connectivity index (χ1v) is 7.24. The number of amides is 1. The average molecular weight is 324 g/mol. The van der Waals surface area contributed by atoms with Gasteiger partial charge in [0.2, 0.25) is 5.91 Å². The van der Waals surface area contributed by atoms with Crippen LogP contribution in [0.5, 0.6) is 0 Å². The third-order valence-corrected chi connectivity index (χ3v) is 3.48. The summed E-state index contributed by atoms with van der Waals surface area (Å²) in [7, 11) is -1.83. The van der Waals surface area contributed by atoms with Crippen LogP contribution in [0.3, 0.4) is 0 Å². The van der Waals surface area contributed by atoms with E-state index >= 15 is 0 Å². The predicted molar refractivity (Wildman–Crippen MR) is 78.7 cm³/mol. The normalized spacial score (nSPS) is 12.3. The molecule has 0 rings (SSSR count). The van der Waals surface area contributed by atoms with E-state index in [2.05, 4.69) is 31.8 Å². The molecule has 0 aromatic carbocycles. The number of nitrogens with one attached hydrogen (secondary N) is 1. The standard InChI is InChI=1S/C12H21NO6S.H3N/c1-5-7-10(8-6-2)11(12(14)13-17-3)9-19-20(15,16)18-4;/h5-6,10-11H,1-2,7-9H2,3-4H3,(H,13,14);1H3. The van der Waals surface area contributed by atoms with Crippen LogP contribution >= 0.6 is 0 Å². The zero-order valence-corrected chi connectivity index (χ0v) is 13.2. The zero-order valence-electron chi connectivity index (χ0n) is 12.4. The number of hydroxylamine groups is 1. The zero-order chi connectivity index (χ0) is 15.6. The summed E-state index contributed by atoms with van der Waals surface area (Å²) in [6.07, 6.45) is 4.30. The van der Waals surface area contributed by atoms with Crippen LogP contribution in [0.25, 0.3) is 0 Å². The van der Waals surface area contributed by atoms with Crippen molar-refractivity contribution in [3.8, 4) is 0 Å². The maximum absolute atomic E-state index is 11.9. The molecule has 0 radical (unpaired) electrons. The molecule has 1 amide bonds. The Morgan fingerprint density at radius 1 is 1.24 bits per heavy atom.